The van der Waals surface area contributed by atoms with E-state index in [0.29, 0.717) is 16.0 Å². The fraction of sp³-hybridized carbons (Fsp3) is 0.273. The van der Waals surface area contributed by atoms with Crippen LogP contribution in [0.1, 0.15) is 46.4 Å². The van der Waals surface area contributed by atoms with Crippen molar-refractivity contribution in [1.82, 2.24) is 0 Å². The Labute approximate surface area is 162 Å². The number of hydrogen-bond acceptors (Lipinski definition) is 5. The van der Waals surface area contributed by atoms with Gasteiger partial charge in [-0.05, 0) is 69.7 Å². The fourth-order valence-corrected chi connectivity index (χ4v) is 3.94. The summed E-state index contributed by atoms with van der Waals surface area (Å²) in [5, 5.41) is 0.931. The second-order valence-electron chi connectivity index (χ2n) is 6.37. The van der Waals surface area contributed by atoms with E-state index in [1.807, 2.05) is 31.2 Å². The Hall–Kier alpha value is -2.66. The van der Waals surface area contributed by atoms with Crippen LogP contribution < -0.4 is 10.5 Å². The van der Waals surface area contributed by atoms with Gasteiger partial charge in [-0.3, -0.25) is 4.79 Å². The molecule has 0 spiro atoms. The maximum absolute atomic E-state index is 12.5. The average molecular weight is 381 g/mol. The molecule has 0 saturated carbocycles. The number of ketones is 1. The summed E-state index contributed by atoms with van der Waals surface area (Å²) in [5.41, 5.74) is 2.74. The van der Waals surface area contributed by atoms with E-state index in [0.717, 1.165) is 34.6 Å². The number of carbonyl (C=O) groups is 1. The third kappa shape index (κ3) is 3.88. The highest BCUT2D eigenvalue weighted by atomic mass is 32.1. The lowest BCUT2D eigenvalue weighted by Gasteiger charge is -2.21. The molecule has 27 heavy (non-hydrogen) atoms. The van der Waals surface area contributed by atoms with Gasteiger partial charge in [-0.1, -0.05) is 0 Å². The van der Waals surface area contributed by atoms with Gasteiger partial charge >= 0.3 is 5.63 Å². The molecular weight excluding hydrogens is 358 g/mol. The van der Waals surface area contributed by atoms with E-state index >= 15 is 0 Å². The number of carbonyl (C=O) groups excluding carboxylic acids is 1. The smallest absolute Gasteiger partial charge is 0.343 e. The highest BCUT2D eigenvalue weighted by molar-refractivity contribution is 7.14. The molecule has 0 fully saturated rings. The van der Waals surface area contributed by atoms with Crippen LogP contribution in [0.3, 0.4) is 0 Å². The first-order chi connectivity index (χ1) is 12.9. The lowest BCUT2D eigenvalue weighted by molar-refractivity contribution is 0.102. The summed E-state index contributed by atoms with van der Waals surface area (Å²) < 4.78 is 5.60. The fourth-order valence-electron chi connectivity index (χ4n) is 3.13. The van der Waals surface area contributed by atoms with E-state index in [1.165, 1.54) is 11.3 Å². The molecule has 0 radical (unpaired) electrons. The molecule has 5 heteroatoms. The molecule has 0 atom stereocenters. The normalized spacial score (nSPS) is 11.4. The second kappa shape index (κ2) is 7.92. The van der Waals surface area contributed by atoms with Crippen molar-refractivity contribution in [3.05, 3.63) is 61.6 Å². The summed E-state index contributed by atoms with van der Waals surface area (Å²) in [7, 11) is 0. The molecule has 0 saturated heterocycles. The molecule has 4 nitrogen and oxygen atoms in total. The Bertz CT molecular complexity index is 1070. The van der Waals surface area contributed by atoms with Gasteiger partial charge in [0.15, 0.2) is 5.78 Å². The highest BCUT2D eigenvalue weighted by Gasteiger charge is 2.11. The molecule has 0 aliphatic carbocycles. The number of hydrogen-bond donors (Lipinski definition) is 0. The van der Waals surface area contributed by atoms with E-state index in [4.69, 9.17) is 4.42 Å². The molecule has 0 bridgehead atoms. The van der Waals surface area contributed by atoms with Gasteiger partial charge in [0, 0.05) is 35.1 Å². The predicted octanol–water partition coefficient (Wildman–Crippen LogP) is 5.38. The van der Waals surface area contributed by atoms with Crippen LogP contribution in [0.4, 0.5) is 5.69 Å². The van der Waals surface area contributed by atoms with Crippen molar-refractivity contribution >= 4 is 45.9 Å². The van der Waals surface area contributed by atoms with Crippen LogP contribution in [0, 0.1) is 6.92 Å². The quantitative estimate of drug-likeness (QED) is 0.425. The molecule has 0 unspecified atom stereocenters. The molecule has 2 aromatic heterocycles. The summed E-state index contributed by atoms with van der Waals surface area (Å²) in [4.78, 5) is 27.8. The average Bonchev–Trinajstić information content (AvgIpc) is 3.11. The van der Waals surface area contributed by atoms with Crippen LogP contribution in [-0.2, 0) is 0 Å². The number of benzene rings is 1. The number of Topliss-reactive ketones (excluding diaryl/α,β-unsaturated/α-hetero) is 1. The van der Waals surface area contributed by atoms with Crippen LogP contribution in [-0.4, -0.2) is 18.9 Å². The van der Waals surface area contributed by atoms with Gasteiger partial charge in [-0.2, -0.15) is 0 Å². The van der Waals surface area contributed by atoms with Crippen molar-refractivity contribution in [2.75, 3.05) is 18.0 Å². The van der Waals surface area contributed by atoms with Crippen LogP contribution in [0.25, 0.3) is 23.1 Å². The highest BCUT2D eigenvalue weighted by Crippen LogP contribution is 2.26. The minimum absolute atomic E-state index is 0.0463. The van der Waals surface area contributed by atoms with E-state index < -0.39 is 0 Å². The zero-order chi connectivity index (χ0) is 19.6. The van der Waals surface area contributed by atoms with E-state index in [9.17, 15) is 9.59 Å². The Morgan fingerprint density at radius 2 is 1.89 bits per heavy atom. The van der Waals surface area contributed by atoms with Crippen molar-refractivity contribution in [2.24, 2.45) is 0 Å². The minimum atomic E-state index is -0.351. The molecule has 0 N–H and O–H groups in total. The zero-order valence-electron chi connectivity index (χ0n) is 16.0. The number of rotatable bonds is 6. The molecule has 0 amide bonds. The van der Waals surface area contributed by atoms with Gasteiger partial charge < -0.3 is 9.32 Å². The van der Waals surface area contributed by atoms with E-state index in [-0.39, 0.29) is 11.4 Å². The largest absolute Gasteiger partial charge is 0.422 e. The Balaban J connectivity index is 2.01. The molecule has 1 aromatic carbocycles. The van der Waals surface area contributed by atoms with Gasteiger partial charge in [-0.15, -0.1) is 11.3 Å². The first-order valence-corrected chi connectivity index (χ1v) is 9.87. The van der Waals surface area contributed by atoms with Crippen molar-refractivity contribution in [3.8, 4) is 0 Å². The third-order valence-corrected chi connectivity index (χ3v) is 5.86. The van der Waals surface area contributed by atoms with Gasteiger partial charge in [-0.25, -0.2) is 4.79 Å². The summed E-state index contributed by atoms with van der Waals surface area (Å²) in [6, 6.07) is 9.69. The number of fused-ring (bicyclic) bond motifs is 1. The van der Waals surface area contributed by atoms with Gasteiger partial charge in [0.2, 0.25) is 0 Å². The van der Waals surface area contributed by atoms with Crippen molar-refractivity contribution in [3.63, 3.8) is 0 Å². The van der Waals surface area contributed by atoms with E-state index in [2.05, 4.69) is 24.8 Å². The minimum Gasteiger partial charge on any atom is -0.422 e. The third-order valence-electron chi connectivity index (χ3n) is 4.71. The standard InChI is InChI=1S/C22H23NO3S/c1-5-23(6-2)16-7-10-18-14(3)19(22(25)26-20(18)13-16)11-8-17-9-12-21(27-17)15(4)24/h7-13H,5-6H2,1-4H3/b11-8+. The summed E-state index contributed by atoms with van der Waals surface area (Å²) in [5.74, 6) is 0.0463. The van der Waals surface area contributed by atoms with Crippen LogP contribution in [0.5, 0.6) is 0 Å². The topological polar surface area (TPSA) is 50.5 Å². The van der Waals surface area contributed by atoms with Crippen LogP contribution in [0.15, 0.2) is 39.5 Å². The Morgan fingerprint density at radius 3 is 2.52 bits per heavy atom. The van der Waals surface area contributed by atoms with E-state index in [1.54, 1.807) is 19.1 Å². The number of thiophene rings is 1. The molecule has 3 aromatic rings. The summed E-state index contributed by atoms with van der Waals surface area (Å²) >= 11 is 1.41. The van der Waals surface area contributed by atoms with Gasteiger partial charge in [0.25, 0.3) is 0 Å². The maximum atomic E-state index is 12.5. The monoisotopic (exact) mass is 381 g/mol. The van der Waals surface area contributed by atoms with Crippen molar-refractivity contribution in [2.45, 2.75) is 27.7 Å². The van der Waals surface area contributed by atoms with Crippen molar-refractivity contribution in [1.29, 1.82) is 0 Å². The maximum Gasteiger partial charge on any atom is 0.343 e. The molecule has 0 aliphatic heterocycles. The number of anilines is 1. The zero-order valence-corrected chi connectivity index (χ0v) is 16.9. The number of nitrogens with zero attached hydrogens (tertiary/aromatic N) is 1. The molecule has 140 valence electrons. The van der Waals surface area contributed by atoms with Gasteiger partial charge in [0.05, 0.1) is 10.4 Å². The first kappa shape index (κ1) is 19.1. The second-order valence-corrected chi connectivity index (χ2v) is 7.49. The predicted molar refractivity (Wildman–Crippen MR) is 114 cm³/mol. The lowest BCUT2D eigenvalue weighted by atomic mass is 10.0. The summed E-state index contributed by atoms with van der Waals surface area (Å²) in [6.07, 6.45) is 3.63. The van der Waals surface area contributed by atoms with Crippen LogP contribution in [0.2, 0.25) is 0 Å². The van der Waals surface area contributed by atoms with Crippen molar-refractivity contribution < 1.29 is 9.21 Å². The molecular formula is C22H23NO3S. The Morgan fingerprint density at radius 1 is 1.15 bits per heavy atom. The summed E-state index contributed by atoms with van der Waals surface area (Å²) in [6.45, 7) is 9.49. The lowest BCUT2D eigenvalue weighted by Crippen LogP contribution is -2.21. The number of aryl methyl sites for hydroxylation is 1. The Kier molecular flexibility index (Phi) is 5.61. The first-order valence-electron chi connectivity index (χ1n) is 9.05. The molecule has 0 aliphatic rings. The molecule has 2 heterocycles. The SMILES string of the molecule is CCN(CC)c1ccc2c(C)c(/C=C/c3ccc(C(C)=O)s3)c(=O)oc2c1. The molecule has 3 rings (SSSR count). The van der Waals surface area contributed by atoms with Gasteiger partial charge in [0.1, 0.15) is 5.58 Å². The van der Waals surface area contributed by atoms with Crippen LogP contribution >= 0.6 is 11.3 Å².